The van der Waals surface area contributed by atoms with Gasteiger partial charge < -0.3 is 4.74 Å². The number of rotatable bonds is 3. The Morgan fingerprint density at radius 1 is 1.41 bits per heavy atom. The summed E-state index contributed by atoms with van der Waals surface area (Å²) in [5, 5.41) is 8.79. The zero-order chi connectivity index (χ0) is 13.3. The van der Waals surface area contributed by atoms with E-state index < -0.39 is 0 Å². The lowest BCUT2D eigenvalue weighted by Gasteiger charge is -2.34. The van der Waals surface area contributed by atoms with Gasteiger partial charge in [0.1, 0.15) is 0 Å². The molecule has 0 unspecified atom stereocenters. The van der Waals surface area contributed by atoms with Gasteiger partial charge in [0.05, 0.1) is 7.11 Å². The Morgan fingerprint density at radius 3 is 2.35 bits per heavy atom. The molecule has 0 aliphatic carbocycles. The van der Waals surface area contributed by atoms with Gasteiger partial charge in [-0.15, -0.1) is 0 Å². The molecule has 17 heavy (non-hydrogen) atoms. The van der Waals surface area contributed by atoms with E-state index in [-0.39, 0.29) is 18.1 Å². The first-order valence-corrected chi connectivity index (χ1v) is 6.56. The summed E-state index contributed by atoms with van der Waals surface area (Å²) in [6.45, 7) is 6.44. The summed E-state index contributed by atoms with van der Waals surface area (Å²) in [6, 6.07) is 0. The summed E-state index contributed by atoms with van der Waals surface area (Å²) >= 11 is 0. The summed E-state index contributed by atoms with van der Waals surface area (Å²) in [7, 11) is 1.43. The molecular formula is C13H24BNO2. The Balaban J connectivity index is 0.00000121. The van der Waals surface area contributed by atoms with Gasteiger partial charge in [-0.25, -0.2) is 5.26 Å². The Hall–Kier alpha value is -0.975. The average Bonchev–Trinajstić information content (AvgIpc) is 2.39. The molecule has 0 saturated carbocycles. The zero-order valence-corrected chi connectivity index (χ0v) is 11.6. The summed E-state index contributed by atoms with van der Waals surface area (Å²) in [5.74, 6) is 2.20. The molecule has 1 rings (SSSR count). The van der Waals surface area contributed by atoms with Gasteiger partial charge in [0.15, 0.2) is 0 Å². The molecule has 0 bridgehead atoms. The highest BCUT2D eigenvalue weighted by Crippen LogP contribution is 2.40. The molecule has 1 aliphatic heterocycles. The third-order valence-corrected chi connectivity index (χ3v) is 3.54. The number of ether oxygens (including phenoxy) is 1. The molecule has 1 saturated heterocycles. The lowest BCUT2D eigenvalue weighted by Crippen LogP contribution is -2.28. The van der Waals surface area contributed by atoms with Crippen molar-refractivity contribution in [2.24, 2.45) is 5.41 Å². The van der Waals surface area contributed by atoms with Crippen LogP contribution in [0.25, 0.3) is 0 Å². The van der Waals surface area contributed by atoms with Crippen LogP contribution >= 0.6 is 0 Å². The summed E-state index contributed by atoms with van der Waals surface area (Å²) in [5.41, 5.74) is 0.238. The minimum absolute atomic E-state index is 0.126. The van der Waals surface area contributed by atoms with Crippen LogP contribution in [-0.4, -0.2) is 19.8 Å². The molecule has 0 aromatic heterocycles. The number of carbonyl (C=O) groups excluding carboxylic acids is 1. The van der Waals surface area contributed by atoms with Gasteiger partial charge in [0, 0.05) is 12.4 Å². The number of hydrogen-bond donors (Lipinski definition) is 0. The molecule has 0 spiro atoms. The molecule has 0 N–H and O–H groups in total. The molecule has 96 valence electrons. The quantitative estimate of drug-likeness (QED) is 0.558. The van der Waals surface area contributed by atoms with Crippen molar-refractivity contribution in [2.45, 2.75) is 59.1 Å². The van der Waals surface area contributed by atoms with E-state index in [2.05, 4.69) is 17.6 Å². The van der Waals surface area contributed by atoms with Crippen molar-refractivity contribution in [3.63, 3.8) is 0 Å². The van der Waals surface area contributed by atoms with Crippen molar-refractivity contribution < 1.29 is 9.53 Å². The molecule has 1 fully saturated rings. The molecule has 0 radical (unpaired) electrons. The second kappa shape index (κ2) is 8.17. The summed E-state index contributed by atoms with van der Waals surface area (Å²) in [6.07, 6.45) is 5.47. The summed E-state index contributed by atoms with van der Waals surface area (Å²) in [4.78, 5) is 11.0. The Morgan fingerprint density at radius 2 is 1.94 bits per heavy atom. The van der Waals surface area contributed by atoms with Crippen LogP contribution in [0.2, 0.25) is 12.6 Å². The fourth-order valence-electron chi connectivity index (χ4n) is 2.20. The first-order chi connectivity index (χ1) is 8.09. The zero-order valence-electron chi connectivity index (χ0n) is 11.6. The number of methoxy groups -OCH3 is 1. The number of carbonyl (C=O) groups is 1. The van der Waals surface area contributed by atoms with Crippen LogP contribution in [-0.2, 0) is 9.53 Å². The molecule has 4 heteroatoms. The molecule has 0 aromatic rings. The average molecular weight is 237 g/mol. The van der Waals surface area contributed by atoms with E-state index in [1.54, 1.807) is 0 Å². The van der Waals surface area contributed by atoms with Gasteiger partial charge in [-0.05, 0) is 11.8 Å². The van der Waals surface area contributed by atoms with Gasteiger partial charge in [0.25, 0.3) is 6.71 Å². The van der Waals surface area contributed by atoms with E-state index in [1.807, 2.05) is 13.8 Å². The Bertz CT molecular complexity index is 265. The molecule has 0 amide bonds. The number of nitrogens with zero attached hydrogens (tertiary/aromatic N) is 1. The molecule has 3 nitrogen and oxygen atoms in total. The topological polar surface area (TPSA) is 50.1 Å². The maximum absolute atomic E-state index is 11.0. The maximum Gasteiger partial charge on any atom is 0.305 e. The fourth-order valence-corrected chi connectivity index (χ4v) is 2.20. The number of esters is 1. The molecule has 0 atom stereocenters. The van der Waals surface area contributed by atoms with Crippen molar-refractivity contribution in [1.82, 2.24) is 0 Å². The Labute approximate surface area is 106 Å². The third-order valence-electron chi connectivity index (χ3n) is 3.54. The third kappa shape index (κ3) is 5.77. The molecule has 1 heterocycles. The van der Waals surface area contributed by atoms with Crippen molar-refractivity contribution in [1.29, 1.82) is 5.26 Å². The fraction of sp³-hybridized carbons (Fsp3) is 0.846. The van der Waals surface area contributed by atoms with E-state index in [0.717, 1.165) is 31.9 Å². The monoisotopic (exact) mass is 237 g/mol. The van der Waals surface area contributed by atoms with E-state index in [0.29, 0.717) is 6.42 Å². The van der Waals surface area contributed by atoms with E-state index in [1.165, 1.54) is 7.11 Å². The van der Waals surface area contributed by atoms with Gasteiger partial charge in [-0.3, -0.25) is 4.79 Å². The van der Waals surface area contributed by atoms with E-state index in [4.69, 9.17) is 5.26 Å². The first-order valence-electron chi connectivity index (χ1n) is 6.56. The second-order valence-electron chi connectivity index (χ2n) is 4.79. The van der Waals surface area contributed by atoms with Crippen molar-refractivity contribution in [2.75, 3.05) is 7.11 Å². The predicted molar refractivity (Wildman–Crippen MR) is 70.9 cm³/mol. The van der Waals surface area contributed by atoms with Crippen LogP contribution < -0.4 is 0 Å². The lowest BCUT2D eigenvalue weighted by molar-refractivity contribution is -0.141. The number of nitriles is 1. The largest absolute Gasteiger partial charge is 0.469 e. The van der Waals surface area contributed by atoms with Crippen LogP contribution in [0.5, 0.6) is 0 Å². The van der Waals surface area contributed by atoms with Crippen LogP contribution in [0.3, 0.4) is 0 Å². The van der Waals surface area contributed by atoms with E-state index >= 15 is 0 Å². The van der Waals surface area contributed by atoms with Crippen molar-refractivity contribution in [3.8, 4) is 5.97 Å². The number of hydrogen-bond acceptors (Lipinski definition) is 3. The molecule has 1 aliphatic rings. The minimum Gasteiger partial charge on any atom is -0.469 e. The second-order valence-corrected chi connectivity index (χ2v) is 4.79. The van der Waals surface area contributed by atoms with Gasteiger partial charge in [0.2, 0.25) is 0 Å². The highest BCUT2D eigenvalue weighted by molar-refractivity contribution is 6.67. The van der Waals surface area contributed by atoms with Crippen molar-refractivity contribution in [3.05, 3.63) is 0 Å². The van der Waals surface area contributed by atoms with Gasteiger partial charge in [-0.2, -0.15) is 0 Å². The standard InChI is InChI=1S/C11H18BNO2.C2H6/c1-11(4-3-10(14)15-2)5-7-12(9-13)8-6-11;1-2/h3-8H2,1-2H3;1-2H3. The van der Waals surface area contributed by atoms with Crippen molar-refractivity contribution >= 4 is 12.7 Å². The van der Waals surface area contributed by atoms with Crippen LogP contribution in [0, 0.1) is 16.6 Å². The predicted octanol–water partition coefficient (Wildman–Crippen LogP) is 3.32. The van der Waals surface area contributed by atoms with Gasteiger partial charge in [-0.1, -0.05) is 46.3 Å². The summed E-state index contributed by atoms with van der Waals surface area (Å²) < 4.78 is 4.64. The SMILES string of the molecule is CC.COC(=O)CCC1(C)CCB(C#N)CC1. The van der Waals surface area contributed by atoms with Gasteiger partial charge >= 0.3 is 5.97 Å². The van der Waals surface area contributed by atoms with Crippen LogP contribution in [0.1, 0.15) is 46.5 Å². The van der Waals surface area contributed by atoms with Crippen LogP contribution in [0.4, 0.5) is 0 Å². The van der Waals surface area contributed by atoms with Crippen LogP contribution in [0.15, 0.2) is 0 Å². The molecular weight excluding hydrogens is 213 g/mol. The normalized spacial score (nSPS) is 17.5. The minimum atomic E-state index is -0.126. The lowest BCUT2D eigenvalue weighted by atomic mass is 9.39. The Kier molecular flexibility index (Phi) is 7.70. The smallest absolute Gasteiger partial charge is 0.305 e. The molecule has 0 aromatic carbocycles. The maximum atomic E-state index is 11.0. The highest BCUT2D eigenvalue weighted by Gasteiger charge is 2.33. The first kappa shape index (κ1) is 16.0. The highest BCUT2D eigenvalue weighted by atomic mass is 16.5. The van der Waals surface area contributed by atoms with E-state index in [9.17, 15) is 4.79 Å².